The first-order chi connectivity index (χ1) is 10.0. The van der Waals surface area contributed by atoms with Gasteiger partial charge >= 0.3 is 0 Å². The van der Waals surface area contributed by atoms with E-state index in [9.17, 15) is 8.42 Å². The van der Waals surface area contributed by atoms with E-state index in [1.165, 1.54) is 4.31 Å². The Balaban J connectivity index is 2.03. The van der Waals surface area contributed by atoms with Crippen LogP contribution in [0, 0.1) is 5.92 Å². The van der Waals surface area contributed by atoms with Crippen LogP contribution in [0.5, 0.6) is 0 Å². The van der Waals surface area contributed by atoms with Crippen molar-refractivity contribution in [3.63, 3.8) is 0 Å². The molecule has 2 rings (SSSR count). The molecule has 0 radical (unpaired) electrons. The van der Waals surface area contributed by atoms with Gasteiger partial charge < -0.3 is 10.5 Å². The lowest BCUT2D eigenvalue weighted by atomic mass is 10.0. The van der Waals surface area contributed by atoms with Crippen molar-refractivity contribution < 1.29 is 13.2 Å². The summed E-state index contributed by atoms with van der Waals surface area (Å²) in [5, 5.41) is 0. The predicted octanol–water partition coefficient (Wildman–Crippen LogP) is 1.33. The highest BCUT2D eigenvalue weighted by Gasteiger charge is 2.24. The van der Waals surface area contributed by atoms with Crippen molar-refractivity contribution in [3.05, 3.63) is 35.4 Å². The Morgan fingerprint density at radius 1 is 1.33 bits per heavy atom. The van der Waals surface area contributed by atoms with Crippen molar-refractivity contribution in [2.75, 3.05) is 26.8 Å². The quantitative estimate of drug-likeness (QED) is 0.860. The van der Waals surface area contributed by atoms with Crippen molar-refractivity contribution in [3.8, 4) is 0 Å². The summed E-state index contributed by atoms with van der Waals surface area (Å²) in [5.74, 6) is 0.299. The fourth-order valence-corrected chi connectivity index (χ4v) is 3.97. The molecule has 0 amide bonds. The van der Waals surface area contributed by atoms with Crippen LogP contribution in [0.2, 0.25) is 0 Å². The SMILES string of the molecule is CN(CC1CCCOC1)S(=O)(=O)Cc1ccccc1CN. The monoisotopic (exact) mass is 312 g/mol. The summed E-state index contributed by atoms with van der Waals surface area (Å²) in [5.41, 5.74) is 7.34. The lowest BCUT2D eigenvalue weighted by Gasteiger charge is -2.27. The molecular weight excluding hydrogens is 288 g/mol. The van der Waals surface area contributed by atoms with E-state index in [1.54, 1.807) is 7.05 Å². The second-order valence-corrected chi connectivity index (χ2v) is 7.67. The molecular formula is C15H24N2O3S. The zero-order chi connectivity index (χ0) is 15.3. The first-order valence-corrected chi connectivity index (χ1v) is 8.92. The van der Waals surface area contributed by atoms with Gasteiger partial charge in [0.2, 0.25) is 10.0 Å². The third-order valence-electron chi connectivity index (χ3n) is 3.92. The minimum atomic E-state index is -3.32. The molecule has 0 aliphatic carbocycles. The molecule has 0 spiro atoms. The average molecular weight is 312 g/mol. The van der Waals surface area contributed by atoms with E-state index in [0.717, 1.165) is 30.6 Å². The van der Waals surface area contributed by atoms with E-state index in [1.807, 2.05) is 24.3 Å². The van der Waals surface area contributed by atoms with Gasteiger partial charge in [0, 0.05) is 26.7 Å². The molecule has 21 heavy (non-hydrogen) atoms. The molecule has 2 N–H and O–H groups in total. The van der Waals surface area contributed by atoms with Crippen molar-refractivity contribution in [1.29, 1.82) is 0 Å². The average Bonchev–Trinajstić information content (AvgIpc) is 2.48. The number of sulfonamides is 1. The molecule has 1 atom stereocenters. The molecule has 1 aromatic carbocycles. The minimum absolute atomic E-state index is 0.00442. The van der Waals surface area contributed by atoms with Crippen molar-refractivity contribution in [2.45, 2.75) is 25.1 Å². The maximum atomic E-state index is 12.5. The standard InChI is InChI=1S/C15H24N2O3S/c1-17(10-13-5-4-8-20-11-13)21(18,19)12-15-7-3-2-6-14(15)9-16/h2-3,6-7,13H,4-5,8-12,16H2,1H3. The largest absolute Gasteiger partial charge is 0.381 e. The van der Waals surface area contributed by atoms with Gasteiger partial charge in [-0.3, -0.25) is 0 Å². The molecule has 1 unspecified atom stereocenters. The molecule has 1 aliphatic rings. The number of benzene rings is 1. The summed E-state index contributed by atoms with van der Waals surface area (Å²) in [7, 11) is -1.68. The first kappa shape index (κ1) is 16.4. The zero-order valence-electron chi connectivity index (χ0n) is 12.5. The zero-order valence-corrected chi connectivity index (χ0v) is 13.3. The summed E-state index contributed by atoms with van der Waals surface area (Å²) in [6, 6.07) is 7.43. The Hall–Kier alpha value is -0.950. The predicted molar refractivity (Wildman–Crippen MR) is 83.1 cm³/mol. The van der Waals surface area contributed by atoms with Crippen LogP contribution < -0.4 is 5.73 Å². The summed E-state index contributed by atoms with van der Waals surface area (Å²) < 4.78 is 31.8. The van der Waals surface area contributed by atoms with Gasteiger partial charge in [-0.25, -0.2) is 12.7 Å². The number of hydrogen-bond donors (Lipinski definition) is 1. The molecule has 118 valence electrons. The number of hydrogen-bond acceptors (Lipinski definition) is 4. The van der Waals surface area contributed by atoms with Crippen LogP contribution in [0.25, 0.3) is 0 Å². The smallest absolute Gasteiger partial charge is 0.218 e. The lowest BCUT2D eigenvalue weighted by molar-refractivity contribution is 0.0495. The van der Waals surface area contributed by atoms with Crippen LogP contribution in [-0.2, 0) is 27.1 Å². The first-order valence-electron chi connectivity index (χ1n) is 7.31. The van der Waals surface area contributed by atoms with E-state index in [2.05, 4.69) is 0 Å². The Labute approximate surface area is 127 Å². The summed E-state index contributed by atoms with van der Waals surface area (Å²) in [6.07, 6.45) is 2.04. The summed E-state index contributed by atoms with van der Waals surface area (Å²) >= 11 is 0. The Bertz CT molecular complexity index is 554. The van der Waals surface area contributed by atoms with Crippen LogP contribution >= 0.6 is 0 Å². The van der Waals surface area contributed by atoms with Crippen molar-refractivity contribution >= 4 is 10.0 Å². The van der Waals surface area contributed by atoms with E-state index >= 15 is 0 Å². The third kappa shape index (κ3) is 4.51. The normalized spacial score (nSPS) is 19.9. The van der Waals surface area contributed by atoms with Gasteiger partial charge in [-0.15, -0.1) is 0 Å². The van der Waals surface area contributed by atoms with Crippen LogP contribution in [-0.4, -0.2) is 39.5 Å². The fraction of sp³-hybridized carbons (Fsp3) is 0.600. The van der Waals surface area contributed by atoms with Gasteiger partial charge in [0.1, 0.15) is 0 Å². The molecule has 6 heteroatoms. The highest BCUT2D eigenvalue weighted by Crippen LogP contribution is 2.19. The molecule has 5 nitrogen and oxygen atoms in total. The highest BCUT2D eigenvalue weighted by atomic mass is 32.2. The van der Waals surface area contributed by atoms with Crippen molar-refractivity contribution in [2.24, 2.45) is 11.7 Å². The second kappa shape index (κ2) is 7.35. The molecule has 1 aliphatic heterocycles. The van der Waals surface area contributed by atoms with Gasteiger partial charge in [-0.1, -0.05) is 24.3 Å². The molecule has 1 aromatic rings. The highest BCUT2D eigenvalue weighted by molar-refractivity contribution is 7.88. The molecule has 0 saturated carbocycles. The topological polar surface area (TPSA) is 72.6 Å². The molecule has 1 heterocycles. The third-order valence-corrected chi connectivity index (χ3v) is 5.70. The maximum Gasteiger partial charge on any atom is 0.218 e. The van der Waals surface area contributed by atoms with E-state index in [0.29, 0.717) is 25.6 Å². The van der Waals surface area contributed by atoms with Crippen LogP contribution in [0.15, 0.2) is 24.3 Å². The van der Waals surface area contributed by atoms with Gasteiger partial charge in [0.05, 0.1) is 12.4 Å². The van der Waals surface area contributed by atoms with Gasteiger partial charge in [-0.05, 0) is 29.9 Å². The molecule has 1 fully saturated rings. The molecule has 1 saturated heterocycles. The van der Waals surface area contributed by atoms with Gasteiger partial charge in [-0.2, -0.15) is 0 Å². The molecule has 0 bridgehead atoms. The summed E-state index contributed by atoms with van der Waals surface area (Å²) in [6.45, 7) is 2.31. The second-order valence-electron chi connectivity index (χ2n) is 5.59. The number of rotatable bonds is 6. The Morgan fingerprint density at radius 2 is 2.05 bits per heavy atom. The van der Waals surface area contributed by atoms with Crippen LogP contribution in [0.4, 0.5) is 0 Å². The Morgan fingerprint density at radius 3 is 2.67 bits per heavy atom. The molecule has 0 aromatic heterocycles. The number of nitrogens with zero attached hydrogens (tertiary/aromatic N) is 1. The minimum Gasteiger partial charge on any atom is -0.381 e. The fourth-order valence-electron chi connectivity index (χ4n) is 2.63. The van der Waals surface area contributed by atoms with Crippen molar-refractivity contribution in [1.82, 2.24) is 4.31 Å². The van der Waals surface area contributed by atoms with E-state index < -0.39 is 10.0 Å². The number of nitrogens with two attached hydrogens (primary N) is 1. The van der Waals surface area contributed by atoms with E-state index in [4.69, 9.17) is 10.5 Å². The Kier molecular flexibility index (Phi) is 5.75. The van der Waals surface area contributed by atoms with Gasteiger partial charge in [0.15, 0.2) is 0 Å². The van der Waals surface area contributed by atoms with E-state index in [-0.39, 0.29) is 5.75 Å². The lowest BCUT2D eigenvalue weighted by Crippen LogP contribution is -2.35. The van der Waals surface area contributed by atoms with Gasteiger partial charge in [0.25, 0.3) is 0 Å². The maximum absolute atomic E-state index is 12.5. The summed E-state index contributed by atoms with van der Waals surface area (Å²) in [4.78, 5) is 0. The van der Waals surface area contributed by atoms with Crippen LogP contribution in [0.1, 0.15) is 24.0 Å². The number of ether oxygens (including phenoxy) is 1. The van der Waals surface area contributed by atoms with Crippen LogP contribution in [0.3, 0.4) is 0 Å².